The van der Waals surface area contributed by atoms with Gasteiger partial charge in [0.2, 0.25) is 0 Å². The molecule has 2 unspecified atom stereocenters. The first-order chi connectivity index (χ1) is 16.7. The van der Waals surface area contributed by atoms with Crippen LogP contribution in [-0.4, -0.2) is 31.0 Å². The van der Waals surface area contributed by atoms with Crippen LogP contribution in [0.25, 0.3) is 0 Å². The number of unbranched alkanes of at least 4 members (excludes halogenated alkanes) is 11. The Morgan fingerprint density at radius 3 is 1.94 bits per heavy atom. The Labute approximate surface area is 235 Å². The van der Waals surface area contributed by atoms with Crippen LogP contribution in [0.5, 0.6) is 0 Å². The van der Waals surface area contributed by atoms with Crippen molar-refractivity contribution in [1.29, 1.82) is 0 Å². The maximum absolute atomic E-state index is 13.4. The Morgan fingerprint density at radius 1 is 0.944 bits per heavy atom. The molecule has 0 N–H and O–H groups in total. The Hall–Kier alpha value is -1.12. The summed E-state index contributed by atoms with van der Waals surface area (Å²) in [5, 5.41) is 10.3. The monoisotopic (exact) mass is 524 g/mol. The van der Waals surface area contributed by atoms with Crippen LogP contribution < -0.4 is 34.7 Å². The Bertz CT molecular complexity index is 719. The molecule has 0 aromatic carbocycles. The molecule has 36 heavy (non-hydrogen) atoms. The van der Waals surface area contributed by atoms with Crippen molar-refractivity contribution in [2.45, 2.75) is 109 Å². The fraction of sp³-hybridized carbons (Fsp3) is 0.741. The Balaban J connectivity index is 0.0000122. The van der Waals surface area contributed by atoms with Gasteiger partial charge in [-0.15, -0.1) is 0 Å². The Kier molecular flexibility index (Phi) is 19.3. The van der Waals surface area contributed by atoms with Gasteiger partial charge in [-0.1, -0.05) is 62.7 Å². The average Bonchev–Trinajstić information content (AvgIpc) is 2.79. The molecule has 1 rings (SSSR count). The van der Waals surface area contributed by atoms with E-state index < -0.39 is 42.2 Å². The van der Waals surface area contributed by atoms with Crippen molar-refractivity contribution < 1.29 is 67.0 Å². The molecule has 1 aliphatic rings. The van der Waals surface area contributed by atoms with E-state index in [1.54, 1.807) is 0 Å². The number of alkyl halides is 3. The second kappa shape index (κ2) is 19.9. The number of esters is 1. The summed E-state index contributed by atoms with van der Waals surface area (Å²) in [4.78, 5) is 34.2. The van der Waals surface area contributed by atoms with Crippen LogP contribution in [0.15, 0.2) is 23.8 Å². The van der Waals surface area contributed by atoms with Crippen LogP contribution in [0.2, 0.25) is 0 Å². The molecule has 0 spiro atoms. The zero-order chi connectivity index (χ0) is 26.1. The minimum absolute atomic E-state index is 0. The molecule has 0 radical (unpaired) electrons. The number of carbonyl (C=O) groups is 3. The molecule has 5 nitrogen and oxygen atoms in total. The van der Waals surface area contributed by atoms with Gasteiger partial charge in [-0.05, 0) is 57.4 Å². The van der Waals surface area contributed by atoms with E-state index in [9.17, 15) is 32.7 Å². The predicted molar refractivity (Wildman–Crippen MR) is 126 cm³/mol. The van der Waals surface area contributed by atoms with Gasteiger partial charge in [0.25, 0.3) is 0 Å². The summed E-state index contributed by atoms with van der Waals surface area (Å²) < 4.78 is 44.7. The molecule has 0 heterocycles. The van der Waals surface area contributed by atoms with Crippen LogP contribution >= 0.6 is 0 Å². The fourth-order valence-electron chi connectivity index (χ4n) is 4.52. The maximum atomic E-state index is 13.4. The summed E-state index contributed by atoms with van der Waals surface area (Å²) in [5.41, 5.74) is 0.248. The van der Waals surface area contributed by atoms with Crippen LogP contribution in [0.4, 0.5) is 13.2 Å². The average molecular weight is 525 g/mol. The molecule has 9 heteroatoms. The summed E-state index contributed by atoms with van der Waals surface area (Å²) in [5.74, 6) is -5.90. The Morgan fingerprint density at radius 2 is 1.44 bits per heavy atom. The first-order valence-electron chi connectivity index (χ1n) is 12.9. The zero-order valence-electron chi connectivity index (χ0n) is 21.9. The standard InChI is InChI=1S/C27H41F3O5.Na/c1-35-26(34)25-21(19-22(31)20-23(25)27(28,29)30)17-15-13-11-9-7-5-3-2-4-6-8-10-12-14-16-18-24(32)33;/h2,4,19,23,25H,3,5-18,20H2,1H3,(H,32,33);/q;+1/p-1/b4-2-;. The summed E-state index contributed by atoms with van der Waals surface area (Å²) in [6.07, 6.45) is 13.4. The SMILES string of the molecule is COC(=O)C1C(CCCCCCCC/C=C\CCCCCCCC(=O)[O-])=CC(=O)CC1C(F)(F)F.[Na+]. The van der Waals surface area contributed by atoms with Crippen molar-refractivity contribution in [2.24, 2.45) is 11.8 Å². The van der Waals surface area contributed by atoms with Crippen molar-refractivity contribution in [1.82, 2.24) is 0 Å². The minimum Gasteiger partial charge on any atom is -0.550 e. The topological polar surface area (TPSA) is 83.5 Å². The van der Waals surface area contributed by atoms with Crippen molar-refractivity contribution >= 4 is 17.7 Å². The number of carbonyl (C=O) groups excluding carboxylic acids is 3. The fourth-order valence-corrected chi connectivity index (χ4v) is 4.52. The van der Waals surface area contributed by atoms with Gasteiger partial charge in [-0.2, -0.15) is 13.2 Å². The largest absolute Gasteiger partial charge is 1.00 e. The van der Waals surface area contributed by atoms with Crippen molar-refractivity contribution in [3.05, 3.63) is 23.8 Å². The van der Waals surface area contributed by atoms with Gasteiger partial charge in [0.1, 0.15) is 0 Å². The van der Waals surface area contributed by atoms with Gasteiger partial charge in [-0.25, -0.2) is 0 Å². The van der Waals surface area contributed by atoms with Gasteiger partial charge in [-0.3, -0.25) is 9.59 Å². The van der Waals surface area contributed by atoms with Crippen LogP contribution in [0.1, 0.15) is 103 Å². The normalized spacial score (nSPS) is 18.1. The van der Waals surface area contributed by atoms with Gasteiger partial charge in [0, 0.05) is 12.4 Å². The van der Waals surface area contributed by atoms with E-state index in [1.807, 2.05) is 0 Å². The summed E-state index contributed by atoms with van der Waals surface area (Å²) in [6, 6.07) is 0. The second-order valence-electron chi connectivity index (χ2n) is 9.35. The third kappa shape index (κ3) is 15.2. The number of hydrogen-bond donors (Lipinski definition) is 0. The molecule has 0 fully saturated rings. The summed E-state index contributed by atoms with van der Waals surface area (Å²) >= 11 is 0. The number of methoxy groups -OCH3 is 1. The predicted octanol–water partition coefficient (Wildman–Crippen LogP) is 3.01. The van der Waals surface area contributed by atoms with Crippen LogP contribution in [0.3, 0.4) is 0 Å². The van der Waals surface area contributed by atoms with E-state index in [4.69, 9.17) is 0 Å². The van der Waals surface area contributed by atoms with E-state index in [0.717, 1.165) is 77.7 Å². The third-order valence-corrected chi connectivity index (χ3v) is 6.45. The molecule has 0 saturated heterocycles. The molecule has 1 aliphatic carbocycles. The number of aliphatic carboxylic acids is 1. The number of ketones is 1. The molecule has 0 saturated carbocycles. The van der Waals surface area contributed by atoms with Gasteiger partial charge in [0.15, 0.2) is 5.78 Å². The summed E-state index contributed by atoms with van der Waals surface area (Å²) in [7, 11) is 1.07. The zero-order valence-corrected chi connectivity index (χ0v) is 23.9. The van der Waals surface area contributed by atoms with E-state index in [2.05, 4.69) is 16.9 Å². The number of rotatable bonds is 18. The molecule has 0 aromatic rings. The molecule has 0 aromatic heterocycles. The summed E-state index contributed by atoms with van der Waals surface area (Å²) in [6.45, 7) is 0. The molecule has 0 aliphatic heterocycles. The quantitative estimate of drug-likeness (QED) is 0.119. The van der Waals surface area contributed by atoms with Gasteiger partial charge >= 0.3 is 41.7 Å². The van der Waals surface area contributed by atoms with Crippen molar-refractivity contribution in [3.8, 4) is 0 Å². The first-order valence-corrected chi connectivity index (χ1v) is 12.9. The van der Waals surface area contributed by atoms with Crippen molar-refractivity contribution in [2.75, 3.05) is 7.11 Å². The second-order valence-corrected chi connectivity index (χ2v) is 9.35. The number of hydrogen-bond acceptors (Lipinski definition) is 5. The maximum Gasteiger partial charge on any atom is 1.00 e. The molecular formula is C27H40F3NaO5. The van der Waals surface area contributed by atoms with Gasteiger partial charge < -0.3 is 14.6 Å². The number of ether oxygens (including phenoxy) is 1. The number of allylic oxidation sites excluding steroid dienone is 3. The molecular weight excluding hydrogens is 484 g/mol. The van der Waals surface area contributed by atoms with Gasteiger partial charge in [0.05, 0.1) is 18.9 Å². The van der Waals surface area contributed by atoms with Crippen molar-refractivity contribution in [3.63, 3.8) is 0 Å². The third-order valence-electron chi connectivity index (χ3n) is 6.45. The minimum atomic E-state index is -4.62. The smallest absolute Gasteiger partial charge is 0.550 e. The number of carboxylic acid groups (broad SMARTS) is 1. The molecule has 0 bridgehead atoms. The number of halogens is 3. The van der Waals surface area contributed by atoms with E-state index in [-0.39, 0.29) is 41.6 Å². The first kappa shape index (κ1) is 34.9. The van der Waals surface area contributed by atoms with E-state index in [0.29, 0.717) is 19.3 Å². The molecule has 200 valence electrons. The van der Waals surface area contributed by atoms with Crippen LogP contribution in [-0.2, 0) is 19.1 Å². The molecule has 0 amide bonds. The molecule has 2 atom stereocenters. The van der Waals surface area contributed by atoms with E-state index in [1.165, 1.54) is 6.08 Å². The number of carboxylic acids is 1. The van der Waals surface area contributed by atoms with Crippen LogP contribution in [0, 0.1) is 11.8 Å². The van der Waals surface area contributed by atoms with E-state index >= 15 is 0 Å².